The van der Waals surface area contributed by atoms with Gasteiger partial charge in [0.05, 0.1) is 11.8 Å². The van der Waals surface area contributed by atoms with E-state index in [-0.39, 0.29) is 0 Å². The van der Waals surface area contributed by atoms with E-state index in [1.165, 1.54) is 128 Å². The van der Waals surface area contributed by atoms with E-state index in [0.717, 1.165) is 73.1 Å². The Hall–Kier alpha value is -4.05. The second-order valence-corrected chi connectivity index (χ2v) is 15.8. The lowest BCUT2D eigenvalue weighted by Crippen LogP contribution is -2.35. The zero-order chi connectivity index (χ0) is 39.9. The molecular formula is C53H77N2O2+. The first kappa shape index (κ1) is 45.6. The van der Waals surface area contributed by atoms with E-state index in [4.69, 9.17) is 9.15 Å². The minimum absolute atomic E-state index is 0.892. The molecule has 0 N–H and O–H groups in total. The van der Waals surface area contributed by atoms with Crippen molar-refractivity contribution in [2.24, 2.45) is 0 Å². The predicted octanol–water partition coefficient (Wildman–Crippen LogP) is 16.1. The van der Waals surface area contributed by atoms with Gasteiger partial charge in [0.25, 0.3) is 5.52 Å². The largest absolute Gasteiger partial charge is 0.439 e. The molecule has 0 bridgehead atoms. The van der Waals surface area contributed by atoms with Crippen molar-refractivity contribution in [1.82, 2.24) is 0 Å². The van der Waals surface area contributed by atoms with Gasteiger partial charge in [-0.1, -0.05) is 157 Å². The molecule has 0 unspecified atom stereocenters. The molecule has 0 fully saturated rings. The Morgan fingerprint density at radius 2 is 1.07 bits per heavy atom. The summed E-state index contributed by atoms with van der Waals surface area (Å²) >= 11 is 0. The van der Waals surface area contributed by atoms with Gasteiger partial charge in [-0.2, -0.15) is 4.57 Å². The van der Waals surface area contributed by atoms with Crippen LogP contribution in [0.25, 0.3) is 17.2 Å². The summed E-state index contributed by atoms with van der Waals surface area (Å²) in [4.78, 5) is 2.35. The number of oxazole rings is 1. The summed E-state index contributed by atoms with van der Waals surface area (Å²) < 4.78 is 15.1. The van der Waals surface area contributed by atoms with Crippen LogP contribution in [0.2, 0.25) is 0 Å². The number of unbranched alkanes of at least 4 members (excludes halogenated alkanes) is 18. The number of anilines is 1. The fraction of sp³-hybridized carbons (Fsp3) is 0.528. The van der Waals surface area contributed by atoms with E-state index in [2.05, 4.69) is 139 Å². The average Bonchev–Trinajstić information content (AvgIpc) is 3.77. The Kier molecular flexibility index (Phi) is 24.1. The van der Waals surface area contributed by atoms with Gasteiger partial charge in [-0.3, -0.25) is 0 Å². The van der Waals surface area contributed by atoms with Crippen LogP contribution in [0.5, 0.6) is 5.75 Å². The molecule has 0 saturated heterocycles. The van der Waals surface area contributed by atoms with Crippen molar-refractivity contribution in [2.75, 3.05) is 11.4 Å². The van der Waals surface area contributed by atoms with Gasteiger partial charge in [0, 0.05) is 19.0 Å². The van der Waals surface area contributed by atoms with E-state index in [1.54, 1.807) is 0 Å². The zero-order valence-corrected chi connectivity index (χ0v) is 36.1. The summed E-state index contributed by atoms with van der Waals surface area (Å²) in [7, 11) is 0. The van der Waals surface area contributed by atoms with Crippen LogP contribution in [-0.2, 0) is 6.54 Å². The maximum Gasteiger partial charge on any atom is 0.374 e. The number of aryl methyl sites for hydroxylation is 1. The highest BCUT2D eigenvalue weighted by molar-refractivity contribution is 5.70. The summed E-state index contributed by atoms with van der Waals surface area (Å²) in [5, 5.41) is 0. The van der Waals surface area contributed by atoms with E-state index < -0.39 is 0 Å². The van der Waals surface area contributed by atoms with Crippen molar-refractivity contribution in [3.05, 3.63) is 121 Å². The molecule has 0 amide bonds. The number of hydrogen-bond donors (Lipinski definition) is 0. The Labute approximate surface area is 348 Å². The highest BCUT2D eigenvalue weighted by Gasteiger charge is 2.25. The number of hydrogen-bond acceptors (Lipinski definition) is 3. The molecule has 310 valence electrons. The lowest BCUT2D eigenvalue weighted by molar-refractivity contribution is -0.678. The van der Waals surface area contributed by atoms with E-state index >= 15 is 0 Å². The molecule has 0 saturated carbocycles. The maximum atomic E-state index is 6.37. The van der Waals surface area contributed by atoms with Crippen LogP contribution in [0, 0.1) is 0 Å². The van der Waals surface area contributed by atoms with Crippen LogP contribution in [0.3, 0.4) is 0 Å². The van der Waals surface area contributed by atoms with Crippen molar-refractivity contribution in [1.29, 1.82) is 0 Å². The molecule has 0 atom stereocenters. The van der Waals surface area contributed by atoms with Crippen molar-refractivity contribution in [3.63, 3.8) is 0 Å². The number of benzene rings is 2. The standard InChI is InChI=1S/C53H77N2O2/c1-3-5-7-9-11-13-15-17-19-21-23-25-27-29-31-37-46-54-48-40-33-35-42-50(48)56-52(54)44-39-45-53-55(49-41-34-36-43-51(49)57-53)47-38-32-30-28-26-24-22-20-18-16-14-12-10-8-6-4-2/h11-14,17-20,33-36,39-45H,3-10,15-16,21-32,37-38,46-47H2,1-2H3/q+1. The Bertz CT molecular complexity index is 1670. The predicted molar refractivity (Wildman–Crippen MR) is 247 cm³/mol. The summed E-state index contributed by atoms with van der Waals surface area (Å²) in [5.74, 6) is 2.72. The molecule has 0 aliphatic carbocycles. The molecule has 0 spiro atoms. The van der Waals surface area contributed by atoms with Gasteiger partial charge in [-0.15, -0.1) is 0 Å². The smallest absolute Gasteiger partial charge is 0.374 e. The highest BCUT2D eigenvalue weighted by Crippen LogP contribution is 2.39. The third-order valence-corrected chi connectivity index (χ3v) is 10.9. The summed E-state index contributed by atoms with van der Waals surface area (Å²) in [6.45, 7) is 6.45. The zero-order valence-electron chi connectivity index (χ0n) is 36.1. The third-order valence-electron chi connectivity index (χ3n) is 10.9. The molecule has 1 aromatic heterocycles. The first-order chi connectivity index (χ1) is 28.3. The minimum atomic E-state index is 0.892. The molecule has 3 aromatic rings. The van der Waals surface area contributed by atoms with Gasteiger partial charge in [-0.25, -0.2) is 0 Å². The number of rotatable bonds is 32. The monoisotopic (exact) mass is 774 g/mol. The van der Waals surface area contributed by atoms with Gasteiger partial charge in [0.1, 0.15) is 0 Å². The van der Waals surface area contributed by atoms with Crippen LogP contribution >= 0.6 is 0 Å². The average molecular weight is 774 g/mol. The number of aromatic nitrogens is 1. The van der Waals surface area contributed by atoms with Gasteiger partial charge in [0.15, 0.2) is 12.3 Å². The van der Waals surface area contributed by atoms with Crippen LogP contribution in [0.4, 0.5) is 5.69 Å². The van der Waals surface area contributed by atoms with E-state index in [0.29, 0.717) is 0 Å². The van der Waals surface area contributed by atoms with Crippen LogP contribution in [0.15, 0.2) is 120 Å². The van der Waals surface area contributed by atoms with Gasteiger partial charge < -0.3 is 14.1 Å². The van der Waals surface area contributed by atoms with Crippen molar-refractivity contribution >= 4 is 22.9 Å². The number of nitrogens with zero attached hydrogens (tertiary/aromatic N) is 2. The lowest BCUT2D eigenvalue weighted by Gasteiger charge is -2.18. The molecule has 2 heterocycles. The first-order valence-corrected chi connectivity index (χ1v) is 23.3. The van der Waals surface area contributed by atoms with Crippen molar-refractivity contribution < 1.29 is 13.7 Å². The Balaban J connectivity index is 1.16. The second-order valence-electron chi connectivity index (χ2n) is 15.8. The minimum Gasteiger partial charge on any atom is -0.439 e. The normalized spacial score (nSPS) is 14.0. The number of allylic oxidation sites excluding steroid dienone is 10. The summed E-state index contributed by atoms with van der Waals surface area (Å²) in [6, 6.07) is 16.8. The number of fused-ring (bicyclic) bond motifs is 2. The van der Waals surface area contributed by atoms with Gasteiger partial charge >= 0.3 is 5.89 Å². The van der Waals surface area contributed by atoms with Crippen LogP contribution < -0.4 is 14.2 Å². The van der Waals surface area contributed by atoms with E-state index in [9.17, 15) is 0 Å². The van der Waals surface area contributed by atoms with Crippen molar-refractivity contribution in [3.8, 4) is 5.75 Å². The summed E-state index contributed by atoms with van der Waals surface area (Å²) in [5.41, 5.74) is 3.26. The lowest BCUT2D eigenvalue weighted by atomic mass is 10.1. The molecular weight excluding hydrogens is 697 g/mol. The molecule has 57 heavy (non-hydrogen) atoms. The van der Waals surface area contributed by atoms with Crippen LogP contribution in [-0.4, -0.2) is 6.54 Å². The fourth-order valence-corrected chi connectivity index (χ4v) is 7.54. The molecule has 4 nitrogen and oxygen atoms in total. The van der Waals surface area contributed by atoms with E-state index in [1.807, 2.05) is 0 Å². The van der Waals surface area contributed by atoms with Gasteiger partial charge in [-0.05, 0) is 107 Å². The van der Waals surface area contributed by atoms with Crippen molar-refractivity contribution in [2.45, 2.75) is 174 Å². The molecule has 0 radical (unpaired) electrons. The Morgan fingerprint density at radius 3 is 1.70 bits per heavy atom. The first-order valence-electron chi connectivity index (χ1n) is 23.3. The molecule has 1 aliphatic rings. The second kappa shape index (κ2) is 30.1. The maximum absolute atomic E-state index is 6.37. The quantitative estimate of drug-likeness (QED) is 0.0359. The molecule has 4 heteroatoms. The Morgan fingerprint density at radius 1 is 0.544 bits per heavy atom. The number of ether oxygens (including phenoxy) is 1. The SMILES string of the molecule is CCCCCC=CCC=CCCCCCCCCN1C(=CC=Cc2oc3ccccc3[n+]2CCCCCCCCC=CCC=CCCCCC)Oc2ccccc21. The van der Waals surface area contributed by atoms with Gasteiger partial charge in [0.2, 0.25) is 11.5 Å². The molecule has 4 rings (SSSR count). The fourth-order valence-electron chi connectivity index (χ4n) is 7.54. The number of para-hydroxylation sites is 4. The molecule has 1 aliphatic heterocycles. The molecule has 2 aromatic carbocycles. The third kappa shape index (κ3) is 18.4. The highest BCUT2D eigenvalue weighted by atomic mass is 16.5. The topological polar surface area (TPSA) is 29.5 Å². The van der Waals surface area contributed by atoms with Crippen LogP contribution in [0.1, 0.15) is 174 Å². The summed E-state index contributed by atoms with van der Waals surface area (Å²) in [6.07, 6.45) is 55.3.